The molecule has 15 heteroatoms. The maximum absolute atomic E-state index is 13.6. The predicted octanol–water partition coefficient (Wildman–Crippen LogP) is 4.98. The second-order valence-electron chi connectivity index (χ2n) is 7.97. The molecule has 0 radical (unpaired) electrons. The quantitative estimate of drug-likeness (QED) is 0.227. The number of halogens is 4. The number of hydrogen-bond donors (Lipinski definition) is 1. The highest BCUT2D eigenvalue weighted by Crippen LogP contribution is 2.36. The first kappa shape index (κ1) is 27.5. The number of aromatic nitrogens is 1. The van der Waals surface area contributed by atoms with Crippen molar-refractivity contribution in [3.05, 3.63) is 65.7 Å². The molecular weight excluding hydrogens is 573 g/mol. The van der Waals surface area contributed by atoms with Crippen LogP contribution in [0.3, 0.4) is 0 Å². The van der Waals surface area contributed by atoms with Crippen LogP contribution in [-0.4, -0.2) is 44.5 Å². The zero-order chi connectivity index (χ0) is 28.0. The van der Waals surface area contributed by atoms with Crippen LogP contribution in [0.25, 0.3) is 21.8 Å². The van der Waals surface area contributed by atoms with Crippen molar-refractivity contribution in [1.82, 2.24) is 4.57 Å². The molecular formula is C23H18ClF3N2O7S2. The number of aryl methyl sites for hydroxylation is 1. The number of carboxylic acid groups (broad SMARTS) is 1. The molecule has 38 heavy (non-hydrogen) atoms. The van der Waals surface area contributed by atoms with Gasteiger partial charge in [0.1, 0.15) is 12.3 Å². The molecule has 4 aromatic rings. The van der Waals surface area contributed by atoms with Crippen LogP contribution in [0.4, 0.5) is 18.9 Å². The van der Waals surface area contributed by atoms with Crippen molar-refractivity contribution in [1.29, 1.82) is 0 Å². The molecule has 0 saturated heterocycles. The fourth-order valence-electron chi connectivity index (χ4n) is 4.01. The van der Waals surface area contributed by atoms with E-state index in [1.54, 1.807) is 12.1 Å². The zero-order valence-corrected chi connectivity index (χ0v) is 21.7. The number of rotatable bonds is 8. The summed E-state index contributed by atoms with van der Waals surface area (Å²) in [6, 6.07) is 13.9. The van der Waals surface area contributed by atoms with Gasteiger partial charge in [-0.25, -0.2) is 8.42 Å². The number of aliphatic carboxylic acids is 1. The Hall–Kier alpha value is -3.49. The second-order valence-corrected chi connectivity index (χ2v) is 11.8. The molecule has 0 aliphatic rings. The monoisotopic (exact) mass is 590 g/mol. The molecule has 1 heterocycles. The molecule has 0 saturated carbocycles. The van der Waals surface area contributed by atoms with Crippen LogP contribution < -0.4 is 8.49 Å². The van der Waals surface area contributed by atoms with Crippen molar-refractivity contribution in [3.63, 3.8) is 0 Å². The van der Waals surface area contributed by atoms with Gasteiger partial charge in [0.05, 0.1) is 10.6 Å². The molecule has 0 bridgehead atoms. The lowest BCUT2D eigenvalue weighted by Crippen LogP contribution is -2.35. The van der Waals surface area contributed by atoms with Crippen LogP contribution >= 0.6 is 11.6 Å². The van der Waals surface area contributed by atoms with E-state index in [1.807, 2.05) is 29.7 Å². The lowest BCUT2D eigenvalue weighted by molar-refractivity contribution is -0.135. The highest BCUT2D eigenvalue weighted by Gasteiger charge is 2.48. The van der Waals surface area contributed by atoms with E-state index in [0.29, 0.717) is 28.4 Å². The Balaban J connectivity index is 1.87. The molecule has 0 aliphatic carbocycles. The third-order valence-electron chi connectivity index (χ3n) is 5.56. The molecule has 4 rings (SSSR count). The van der Waals surface area contributed by atoms with Gasteiger partial charge in [0.2, 0.25) is 0 Å². The number of carboxylic acids is 1. The van der Waals surface area contributed by atoms with E-state index >= 15 is 0 Å². The summed E-state index contributed by atoms with van der Waals surface area (Å²) in [5, 5.41) is 10.4. The van der Waals surface area contributed by atoms with Crippen LogP contribution in [0.1, 0.15) is 6.92 Å². The van der Waals surface area contributed by atoms with Gasteiger partial charge >= 0.3 is 21.6 Å². The van der Waals surface area contributed by atoms with Gasteiger partial charge in [-0.1, -0.05) is 29.8 Å². The van der Waals surface area contributed by atoms with Crippen LogP contribution in [0.15, 0.2) is 65.6 Å². The predicted molar refractivity (Wildman–Crippen MR) is 134 cm³/mol. The third kappa shape index (κ3) is 4.98. The number of alkyl halides is 3. The van der Waals surface area contributed by atoms with Gasteiger partial charge in [-0.15, -0.1) is 0 Å². The van der Waals surface area contributed by atoms with Crippen molar-refractivity contribution in [2.75, 3.05) is 10.8 Å². The third-order valence-corrected chi connectivity index (χ3v) is 8.51. The SMILES string of the molecule is CCn1c2ccccc2c2cc(N(CC(=O)O)S(=O)(=O)c3cc(Cl)cc(OS(=O)(=O)C(F)(F)F)c3)ccc21. The van der Waals surface area contributed by atoms with Crippen LogP contribution in [0.5, 0.6) is 5.75 Å². The molecule has 0 amide bonds. The number of carbonyl (C=O) groups is 1. The van der Waals surface area contributed by atoms with E-state index in [-0.39, 0.29) is 5.69 Å². The summed E-state index contributed by atoms with van der Waals surface area (Å²) in [5.41, 5.74) is -4.20. The van der Waals surface area contributed by atoms with E-state index in [2.05, 4.69) is 4.18 Å². The number of benzene rings is 3. The van der Waals surface area contributed by atoms with Gasteiger partial charge in [-0.2, -0.15) is 21.6 Å². The Bertz CT molecular complexity index is 1790. The van der Waals surface area contributed by atoms with Crippen molar-refractivity contribution < 1.29 is 44.1 Å². The molecule has 3 aromatic carbocycles. The molecule has 0 unspecified atom stereocenters. The van der Waals surface area contributed by atoms with Gasteiger partial charge in [-0.05, 0) is 37.3 Å². The minimum atomic E-state index is -6.13. The summed E-state index contributed by atoms with van der Waals surface area (Å²) >= 11 is 5.86. The first-order valence-corrected chi connectivity index (χ1v) is 13.9. The Morgan fingerprint density at radius 2 is 1.66 bits per heavy atom. The van der Waals surface area contributed by atoms with Gasteiger partial charge in [0.25, 0.3) is 10.0 Å². The van der Waals surface area contributed by atoms with Crippen molar-refractivity contribution in [3.8, 4) is 5.75 Å². The lowest BCUT2D eigenvalue weighted by atomic mass is 10.1. The Labute approximate surface area is 219 Å². The van der Waals surface area contributed by atoms with E-state index < -0.39 is 53.8 Å². The van der Waals surface area contributed by atoms with Crippen LogP contribution in [-0.2, 0) is 31.5 Å². The van der Waals surface area contributed by atoms with Gasteiger partial charge in [0, 0.05) is 45.5 Å². The summed E-state index contributed by atoms with van der Waals surface area (Å²) in [6.45, 7) is 1.48. The summed E-state index contributed by atoms with van der Waals surface area (Å²) in [4.78, 5) is 10.9. The van der Waals surface area contributed by atoms with Gasteiger partial charge < -0.3 is 13.9 Å². The average molecular weight is 591 g/mol. The van der Waals surface area contributed by atoms with E-state index in [4.69, 9.17) is 11.6 Å². The molecule has 0 spiro atoms. The fraction of sp³-hybridized carbons (Fsp3) is 0.174. The lowest BCUT2D eigenvalue weighted by Gasteiger charge is -2.23. The van der Waals surface area contributed by atoms with Crippen LogP contribution in [0.2, 0.25) is 5.02 Å². The number of nitrogens with zero attached hydrogens (tertiary/aromatic N) is 2. The standard InChI is InChI=1S/C23H18ClF3N2O7S2/c1-2-28-20-6-4-3-5-18(20)19-11-15(7-8-21(19)28)29(13-22(30)31)37(32,33)17-10-14(24)9-16(12-17)36-38(34,35)23(25,26)27/h3-12H,2,13H2,1H3,(H,30,31). The molecule has 202 valence electrons. The first-order chi connectivity index (χ1) is 17.7. The molecule has 0 aliphatic heterocycles. The van der Waals surface area contributed by atoms with Crippen molar-refractivity contribution in [2.45, 2.75) is 23.9 Å². The highest BCUT2D eigenvalue weighted by molar-refractivity contribution is 7.93. The number of fused-ring (bicyclic) bond motifs is 3. The Morgan fingerprint density at radius 1 is 1.00 bits per heavy atom. The summed E-state index contributed by atoms with van der Waals surface area (Å²) in [7, 11) is -10.9. The average Bonchev–Trinajstić information content (AvgIpc) is 3.14. The van der Waals surface area contributed by atoms with E-state index in [0.717, 1.165) is 22.5 Å². The summed E-state index contributed by atoms with van der Waals surface area (Å²) in [5.74, 6) is -2.55. The summed E-state index contributed by atoms with van der Waals surface area (Å²) in [6.07, 6.45) is 0. The largest absolute Gasteiger partial charge is 0.534 e. The zero-order valence-electron chi connectivity index (χ0n) is 19.3. The molecule has 0 fully saturated rings. The normalized spacial score (nSPS) is 12.7. The molecule has 1 N–H and O–H groups in total. The van der Waals surface area contributed by atoms with Gasteiger partial charge in [-0.3, -0.25) is 9.10 Å². The van der Waals surface area contributed by atoms with Crippen molar-refractivity contribution >= 4 is 65.2 Å². The number of anilines is 1. The first-order valence-electron chi connectivity index (χ1n) is 10.7. The molecule has 0 atom stereocenters. The van der Waals surface area contributed by atoms with E-state index in [9.17, 15) is 39.9 Å². The maximum atomic E-state index is 13.6. The maximum Gasteiger partial charge on any atom is 0.534 e. The Morgan fingerprint density at radius 3 is 2.29 bits per heavy atom. The van der Waals surface area contributed by atoms with E-state index in [1.165, 1.54) is 12.1 Å². The Kier molecular flexibility index (Phi) is 7.01. The topological polar surface area (TPSA) is 123 Å². The second kappa shape index (κ2) is 9.67. The number of hydrogen-bond acceptors (Lipinski definition) is 6. The number of para-hydroxylation sites is 1. The fourth-order valence-corrected chi connectivity index (χ4v) is 6.21. The summed E-state index contributed by atoms with van der Waals surface area (Å²) < 4.78 is 94.9. The highest BCUT2D eigenvalue weighted by atomic mass is 35.5. The molecule has 9 nitrogen and oxygen atoms in total. The number of sulfonamides is 1. The minimum Gasteiger partial charge on any atom is -0.480 e. The van der Waals surface area contributed by atoms with Gasteiger partial charge in [0.15, 0.2) is 0 Å². The minimum absolute atomic E-state index is 0.0516. The van der Waals surface area contributed by atoms with Crippen molar-refractivity contribution in [2.24, 2.45) is 0 Å². The van der Waals surface area contributed by atoms with Crippen LogP contribution in [0, 0.1) is 0 Å². The molecule has 1 aromatic heterocycles. The smallest absolute Gasteiger partial charge is 0.480 e.